The number of hydrogen-bond acceptors (Lipinski definition) is 4. The minimum Gasteiger partial charge on any atom is -0.509 e. The molecule has 9 aromatic rings. The first kappa shape index (κ1) is 50.0. The predicted molar refractivity (Wildman–Crippen MR) is 291 cm³/mol. The minimum absolute atomic E-state index is 0. The van der Waals surface area contributed by atoms with Crippen molar-refractivity contribution in [2.75, 3.05) is 9.80 Å². The molecule has 1 aliphatic heterocycles. The Labute approximate surface area is 431 Å². The van der Waals surface area contributed by atoms with Crippen LogP contribution in [0.1, 0.15) is 104 Å². The van der Waals surface area contributed by atoms with Crippen molar-refractivity contribution in [1.82, 2.24) is 9.55 Å². The third kappa shape index (κ3) is 9.46. The Balaban J connectivity index is 0.00000329. The fourth-order valence-electron chi connectivity index (χ4n) is 9.40. The molecule has 0 aliphatic carbocycles. The predicted octanol–water partition coefficient (Wildman–Crippen LogP) is 17.3. The molecular formula is C64H64N4OPt. The van der Waals surface area contributed by atoms with E-state index < -0.39 is 0 Å². The first-order valence-electron chi connectivity index (χ1n) is 23.9. The van der Waals surface area contributed by atoms with Gasteiger partial charge in [-0.2, -0.15) is 12.1 Å². The number of anilines is 4. The van der Waals surface area contributed by atoms with Crippen molar-refractivity contribution in [3.05, 3.63) is 218 Å². The summed E-state index contributed by atoms with van der Waals surface area (Å²) >= 11 is 0. The monoisotopic (exact) mass is 1100 g/mol. The van der Waals surface area contributed by atoms with E-state index in [0.717, 1.165) is 45.0 Å². The topological polar surface area (TPSA) is 33.5 Å². The zero-order valence-corrected chi connectivity index (χ0v) is 45.0. The van der Waals surface area contributed by atoms with Crippen LogP contribution in [0.5, 0.6) is 11.5 Å². The van der Waals surface area contributed by atoms with E-state index in [1.165, 1.54) is 44.3 Å². The minimum atomic E-state index is -0.235. The maximum atomic E-state index is 6.76. The number of hydrogen-bond donors (Lipinski definition) is 0. The Morgan fingerprint density at radius 1 is 0.486 bits per heavy atom. The second-order valence-electron chi connectivity index (χ2n) is 22.0. The molecule has 7 aromatic carbocycles. The first-order chi connectivity index (χ1) is 32.3. The molecule has 0 bridgehead atoms. The molecule has 0 N–H and O–H groups in total. The van der Waals surface area contributed by atoms with E-state index in [2.05, 4.69) is 249 Å². The summed E-state index contributed by atoms with van der Waals surface area (Å²) in [7, 11) is 0. The van der Waals surface area contributed by atoms with Gasteiger partial charge in [0.1, 0.15) is 5.82 Å². The molecule has 6 heteroatoms. The van der Waals surface area contributed by atoms with E-state index in [-0.39, 0.29) is 50.2 Å². The van der Waals surface area contributed by atoms with Crippen LogP contribution in [0, 0.1) is 26.2 Å². The third-order valence-electron chi connectivity index (χ3n) is 13.7. The van der Waals surface area contributed by atoms with Crippen molar-refractivity contribution in [2.45, 2.75) is 97.8 Å². The second-order valence-corrected chi connectivity index (χ2v) is 22.0. The van der Waals surface area contributed by atoms with E-state index in [9.17, 15) is 0 Å². The van der Waals surface area contributed by atoms with E-state index in [1.807, 2.05) is 24.4 Å². The quantitative estimate of drug-likeness (QED) is 0.142. The van der Waals surface area contributed by atoms with Crippen molar-refractivity contribution >= 4 is 44.6 Å². The van der Waals surface area contributed by atoms with Crippen LogP contribution in [-0.4, -0.2) is 9.55 Å². The molecule has 356 valence electrons. The molecule has 0 amide bonds. The Kier molecular flexibility index (Phi) is 13.4. The number of benzene rings is 7. The summed E-state index contributed by atoms with van der Waals surface area (Å²) in [5.41, 5.74) is 14.4. The fourth-order valence-corrected chi connectivity index (χ4v) is 9.40. The maximum absolute atomic E-state index is 6.76. The summed E-state index contributed by atoms with van der Waals surface area (Å²) in [5.74, 6) is 2.06. The number of aromatic nitrogens is 2. The number of nitrogens with zero attached hydrogens (tertiary/aromatic N) is 4. The zero-order chi connectivity index (χ0) is 47.8. The molecule has 0 spiro atoms. The van der Waals surface area contributed by atoms with Crippen molar-refractivity contribution in [3.63, 3.8) is 0 Å². The van der Waals surface area contributed by atoms with Crippen molar-refractivity contribution in [2.24, 2.45) is 0 Å². The molecule has 1 aliphatic rings. The van der Waals surface area contributed by atoms with Crippen LogP contribution in [0.2, 0.25) is 0 Å². The van der Waals surface area contributed by atoms with E-state index in [0.29, 0.717) is 11.5 Å². The molecule has 5 nitrogen and oxygen atoms in total. The largest absolute Gasteiger partial charge is 4.00 e. The summed E-state index contributed by atoms with van der Waals surface area (Å²) < 4.78 is 8.99. The van der Waals surface area contributed by atoms with Gasteiger partial charge in [0.15, 0.2) is 0 Å². The van der Waals surface area contributed by atoms with Crippen LogP contribution in [0.4, 0.5) is 22.7 Å². The molecule has 0 unspecified atom stereocenters. The molecule has 0 saturated carbocycles. The van der Waals surface area contributed by atoms with Crippen molar-refractivity contribution in [3.8, 4) is 28.4 Å². The normalized spacial score (nSPS) is 13.0. The van der Waals surface area contributed by atoms with Gasteiger partial charge in [-0.05, 0) is 103 Å². The van der Waals surface area contributed by atoms with Gasteiger partial charge in [0.2, 0.25) is 0 Å². The van der Waals surface area contributed by atoms with Crippen LogP contribution in [0.15, 0.2) is 164 Å². The van der Waals surface area contributed by atoms with Crippen LogP contribution < -0.4 is 14.5 Å². The molecule has 0 radical (unpaired) electrons. The van der Waals surface area contributed by atoms with E-state index in [4.69, 9.17) is 9.72 Å². The van der Waals surface area contributed by atoms with Gasteiger partial charge in [0.25, 0.3) is 0 Å². The summed E-state index contributed by atoms with van der Waals surface area (Å²) in [4.78, 5) is 9.52. The maximum Gasteiger partial charge on any atom is 4.00 e. The molecule has 10 rings (SSSR count). The molecule has 0 saturated heterocycles. The molecule has 70 heavy (non-hydrogen) atoms. The standard InChI is InChI=1S/C63H61N4O.CH3.Pt/c1-60(2,3)45-25-29-55-54(36-45)53-28-27-52(40-57(53)67(55)59-38-46(31-32-64-59)61(4,5)6)68-51-24-18-23-49(39-51)65-41-66(50-34-43(42-19-14-12-15-20-42)33-48(35-50)62(7,8)9)58-37-47(26-30-56(58)65)63(10,11)44-21-16-13-17-22-44;;/h12-38,41H,1-11H3;1H3;/q-3;-1;+4. The van der Waals surface area contributed by atoms with Gasteiger partial charge in [0, 0.05) is 45.7 Å². The van der Waals surface area contributed by atoms with Gasteiger partial charge < -0.3 is 26.5 Å². The average molecular weight is 1100 g/mol. The molecule has 0 atom stereocenters. The van der Waals surface area contributed by atoms with Crippen molar-refractivity contribution in [1.29, 1.82) is 0 Å². The SMILES string of the molecule is CC(C)(C)c1cc(-c2ccccc2)cc(N2[CH-]N(c3[c-]c(Oc4[c-]c5c(cc4)c4cc(C(C)(C)C)ccc4n5-c4cc(C(C)(C)C)ccn4)ccc3)c3ccc(C(C)(C)c4ccccc4)cc32)c1.[CH3-].[Pt+4]. The zero-order valence-electron chi connectivity index (χ0n) is 42.7. The van der Waals surface area contributed by atoms with E-state index >= 15 is 0 Å². The number of fused-ring (bicyclic) bond motifs is 4. The summed E-state index contributed by atoms with van der Waals surface area (Å²) in [6.07, 6.45) is 1.92. The molecule has 3 heterocycles. The number of rotatable bonds is 8. The second kappa shape index (κ2) is 18.7. The van der Waals surface area contributed by atoms with Crippen molar-refractivity contribution < 1.29 is 25.8 Å². The molecule has 0 fully saturated rings. The van der Waals surface area contributed by atoms with Crippen LogP contribution in [0.3, 0.4) is 0 Å². The molecular weight excluding hydrogens is 1040 g/mol. The average Bonchev–Trinajstić information content (AvgIpc) is 3.87. The van der Waals surface area contributed by atoms with Gasteiger partial charge in [0.05, 0.1) is 0 Å². The number of ether oxygens (including phenoxy) is 1. The molecule has 2 aromatic heterocycles. The van der Waals surface area contributed by atoms with Gasteiger partial charge in [-0.15, -0.1) is 48.1 Å². The third-order valence-corrected chi connectivity index (χ3v) is 13.7. The van der Waals surface area contributed by atoms with Gasteiger partial charge in [-0.3, -0.25) is 0 Å². The summed E-state index contributed by atoms with van der Waals surface area (Å²) in [6.45, 7) is 27.2. The van der Waals surface area contributed by atoms with E-state index in [1.54, 1.807) is 0 Å². The Morgan fingerprint density at radius 3 is 1.84 bits per heavy atom. The smallest absolute Gasteiger partial charge is 0.509 e. The van der Waals surface area contributed by atoms with Gasteiger partial charge in [-0.1, -0.05) is 167 Å². The van der Waals surface area contributed by atoms with Crippen LogP contribution >= 0.6 is 0 Å². The Hall–Kier alpha value is -6.42. The van der Waals surface area contributed by atoms with Crippen LogP contribution in [-0.2, 0) is 42.7 Å². The fraction of sp³-hybridized carbons (Fsp3) is 0.234. The summed E-state index contributed by atoms with van der Waals surface area (Å²) in [5, 5.41) is 2.27. The van der Waals surface area contributed by atoms with Gasteiger partial charge >= 0.3 is 21.1 Å². The Bertz CT molecular complexity index is 3330. The number of pyridine rings is 1. The first-order valence-corrected chi connectivity index (χ1v) is 23.9. The summed E-state index contributed by atoms with van der Waals surface area (Å²) in [6, 6.07) is 64.2. The van der Waals surface area contributed by atoms with Gasteiger partial charge in [-0.25, -0.2) is 4.98 Å². The van der Waals surface area contributed by atoms with Crippen LogP contribution in [0.25, 0.3) is 38.8 Å². The Morgan fingerprint density at radius 2 is 1.14 bits per heavy atom.